The molecule has 3 heterocycles. The van der Waals surface area contributed by atoms with Crippen LogP contribution in [-0.2, 0) is 0 Å². The third-order valence-corrected chi connectivity index (χ3v) is 11.3. The lowest BCUT2D eigenvalue weighted by Crippen LogP contribution is -2.01. The minimum Gasteiger partial charge on any atom is -0.241 e. The summed E-state index contributed by atoms with van der Waals surface area (Å²) < 4.78 is 0. The third-order valence-electron chi connectivity index (χ3n) is 11.3. The fourth-order valence-electron chi connectivity index (χ4n) is 8.97. The Hall–Kier alpha value is -7.44. The maximum Gasteiger partial charge on any atom is 0.120 e. The highest BCUT2D eigenvalue weighted by Gasteiger charge is 2.23. The molecule has 0 fully saturated rings. The highest BCUT2D eigenvalue weighted by molar-refractivity contribution is 6.31. The van der Waals surface area contributed by atoms with Crippen LogP contribution in [0.15, 0.2) is 146 Å². The molecule has 0 aliphatic heterocycles. The molecule has 0 atom stereocenters. The highest BCUT2D eigenvalue weighted by atomic mass is 14.9. The van der Waals surface area contributed by atoms with E-state index >= 15 is 0 Å². The van der Waals surface area contributed by atoms with Crippen LogP contribution in [0.1, 0.15) is 0 Å². The second kappa shape index (κ2) is 10.1. The van der Waals surface area contributed by atoms with Gasteiger partial charge in [-0.1, -0.05) is 146 Å². The zero-order valence-corrected chi connectivity index (χ0v) is 28.5. The Bertz CT molecular complexity index is 3170. The van der Waals surface area contributed by atoms with E-state index in [1.54, 1.807) is 0 Å². The monoisotopic (exact) mass is 684 g/mol. The summed E-state index contributed by atoms with van der Waals surface area (Å²) in [6.07, 6.45) is 0. The molecule has 0 N–H and O–H groups in total. The van der Waals surface area contributed by atoms with Gasteiger partial charge in [0, 0.05) is 32.3 Å². The summed E-state index contributed by atoms with van der Waals surface area (Å²) in [5.41, 5.74) is 8.94. The van der Waals surface area contributed by atoms with Gasteiger partial charge in [0.25, 0.3) is 0 Å². The van der Waals surface area contributed by atoms with Gasteiger partial charge in [-0.2, -0.15) is 0 Å². The molecule has 246 valence electrons. The summed E-state index contributed by atoms with van der Waals surface area (Å²) >= 11 is 0. The molecular formula is C48H24N6. The Morgan fingerprint density at radius 2 is 0.278 bits per heavy atom. The summed E-state index contributed by atoms with van der Waals surface area (Å²) in [6, 6.07) is 50.7. The standard InChI is InChI=1S/C48H24N6/c1-7-19-31-25(13-1)26-14-2-8-20-32(26)38-37(31)49-43-44(50-38)46-48(54-42-36-24-12-6-18-30(36)29-17-5-11-23-35(29)41(42)52-46)47-45(43)51-39-33-21-9-3-15-27(33)28-16-4-10-22-34(28)40(39)53-47/h1-24H. The summed E-state index contributed by atoms with van der Waals surface area (Å²) in [6.45, 7) is 0. The first-order valence-corrected chi connectivity index (χ1v) is 18.1. The molecule has 0 bridgehead atoms. The number of hydrogen-bond acceptors (Lipinski definition) is 6. The van der Waals surface area contributed by atoms with Crippen molar-refractivity contribution in [2.45, 2.75) is 0 Å². The highest BCUT2D eigenvalue weighted by Crippen LogP contribution is 2.41. The molecule has 6 nitrogen and oxygen atoms in total. The van der Waals surface area contributed by atoms with E-state index in [-0.39, 0.29) is 0 Å². The van der Waals surface area contributed by atoms with Gasteiger partial charge in [0.15, 0.2) is 0 Å². The van der Waals surface area contributed by atoms with E-state index < -0.39 is 0 Å². The van der Waals surface area contributed by atoms with E-state index in [9.17, 15) is 0 Å². The lowest BCUT2D eigenvalue weighted by Gasteiger charge is -2.15. The van der Waals surface area contributed by atoms with Gasteiger partial charge in [-0.25, -0.2) is 29.9 Å². The maximum absolute atomic E-state index is 5.54. The van der Waals surface area contributed by atoms with Crippen molar-refractivity contribution in [2.75, 3.05) is 0 Å². The van der Waals surface area contributed by atoms with E-state index in [0.29, 0.717) is 33.1 Å². The van der Waals surface area contributed by atoms with Crippen molar-refractivity contribution in [3.8, 4) is 0 Å². The number of nitrogens with zero attached hydrogens (tertiary/aromatic N) is 6. The van der Waals surface area contributed by atoms with E-state index in [1.165, 1.54) is 0 Å². The topological polar surface area (TPSA) is 77.3 Å². The molecule has 0 amide bonds. The smallest absolute Gasteiger partial charge is 0.120 e. The van der Waals surface area contributed by atoms with Crippen molar-refractivity contribution in [1.29, 1.82) is 0 Å². The quantitative estimate of drug-likeness (QED) is 0.117. The Labute approximate surface area is 305 Å². The van der Waals surface area contributed by atoms with Crippen LogP contribution in [-0.4, -0.2) is 29.9 Å². The van der Waals surface area contributed by atoms with Crippen LogP contribution in [0.4, 0.5) is 0 Å². The molecule has 0 saturated carbocycles. The molecule has 0 radical (unpaired) electrons. The van der Waals surface area contributed by atoms with Crippen LogP contribution < -0.4 is 0 Å². The second-order valence-electron chi connectivity index (χ2n) is 14.1. The second-order valence-corrected chi connectivity index (χ2v) is 14.1. The first-order valence-electron chi connectivity index (χ1n) is 18.1. The van der Waals surface area contributed by atoms with Gasteiger partial charge in [-0.3, -0.25) is 0 Å². The van der Waals surface area contributed by atoms with Gasteiger partial charge in [0.1, 0.15) is 33.1 Å². The van der Waals surface area contributed by atoms with Crippen molar-refractivity contribution in [2.24, 2.45) is 0 Å². The molecule has 0 spiro atoms. The van der Waals surface area contributed by atoms with Gasteiger partial charge in [0.2, 0.25) is 0 Å². The van der Waals surface area contributed by atoms with Crippen LogP contribution in [0.5, 0.6) is 0 Å². The van der Waals surface area contributed by atoms with Crippen LogP contribution >= 0.6 is 0 Å². The van der Waals surface area contributed by atoms with E-state index in [4.69, 9.17) is 29.9 Å². The summed E-state index contributed by atoms with van der Waals surface area (Å²) in [5, 5.41) is 13.1. The largest absolute Gasteiger partial charge is 0.241 e. The average molecular weight is 685 g/mol. The lowest BCUT2D eigenvalue weighted by molar-refractivity contribution is 1.36. The van der Waals surface area contributed by atoms with Gasteiger partial charge in [-0.15, -0.1) is 0 Å². The summed E-state index contributed by atoms with van der Waals surface area (Å²) in [5.74, 6) is 0. The molecule has 0 unspecified atom stereocenters. The first kappa shape index (κ1) is 28.2. The SMILES string of the molecule is c1ccc2c(c1)c1ccccc1c1nc3c(nc21)c1nc2c4ccccc4c4ccccc4c2nc1c1nc2c4ccccc4c4ccccc4c2nc31. The Morgan fingerprint density at radius 3 is 0.426 bits per heavy atom. The fraction of sp³-hybridized carbons (Fsp3) is 0. The summed E-state index contributed by atoms with van der Waals surface area (Å²) in [7, 11) is 0. The lowest BCUT2D eigenvalue weighted by atomic mass is 9.98. The van der Waals surface area contributed by atoms with E-state index in [2.05, 4.69) is 146 Å². The Balaban J connectivity index is 1.34. The average Bonchev–Trinajstić information content (AvgIpc) is 3.25. The summed E-state index contributed by atoms with van der Waals surface area (Å²) in [4.78, 5) is 33.3. The minimum atomic E-state index is 0.663. The Morgan fingerprint density at radius 1 is 0.148 bits per heavy atom. The molecule has 6 heteroatoms. The van der Waals surface area contributed by atoms with Crippen LogP contribution in [0.2, 0.25) is 0 Å². The minimum absolute atomic E-state index is 0.663. The third kappa shape index (κ3) is 3.54. The molecule has 13 rings (SSSR count). The van der Waals surface area contributed by atoms with Crippen molar-refractivity contribution >= 4 is 131 Å². The zero-order valence-electron chi connectivity index (χ0n) is 28.5. The van der Waals surface area contributed by atoms with E-state index in [1.807, 2.05) is 0 Å². The van der Waals surface area contributed by atoms with Gasteiger partial charge < -0.3 is 0 Å². The number of hydrogen-bond donors (Lipinski definition) is 0. The molecule has 13 aromatic rings. The molecule has 10 aromatic carbocycles. The van der Waals surface area contributed by atoms with Crippen molar-refractivity contribution in [3.63, 3.8) is 0 Å². The molecule has 0 saturated heterocycles. The predicted octanol–water partition coefficient (Wildman–Crippen LogP) is 11.9. The molecule has 3 aromatic heterocycles. The van der Waals surface area contributed by atoms with E-state index in [0.717, 1.165) is 97.7 Å². The first-order chi connectivity index (χ1) is 26.8. The van der Waals surface area contributed by atoms with Crippen LogP contribution in [0.25, 0.3) is 131 Å². The molecule has 54 heavy (non-hydrogen) atoms. The predicted molar refractivity (Wildman–Crippen MR) is 223 cm³/mol. The molecule has 0 aliphatic rings. The maximum atomic E-state index is 5.54. The number of fused-ring (bicyclic) bond motifs is 24. The Kier molecular flexibility index (Phi) is 5.28. The van der Waals surface area contributed by atoms with Gasteiger partial charge in [0.05, 0.1) is 33.1 Å². The van der Waals surface area contributed by atoms with Crippen molar-refractivity contribution < 1.29 is 0 Å². The normalized spacial score (nSPS) is 12.4. The molecule has 0 aliphatic carbocycles. The number of benzene rings is 10. The van der Waals surface area contributed by atoms with Crippen LogP contribution in [0, 0.1) is 0 Å². The number of rotatable bonds is 0. The van der Waals surface area contributed by atoms with Crippen molar-refractivity contribution in [1.82, 2.24) is 29.9 Å². The zero-order chi connectivity index (χ0) is 35.1. The van der Waals surface area contributed by atoms with Crippen molar-refractivity contribution in [3.05, 3.63) is 146 Å². The van der Waals surface area contributed by atoms with Crippen LogP contribution in [0.3, 0.4) is 0 Å². The fourth-order valence-corrected chi connectivity index (χ4v) is 8.97. The van der Waals surface area contributed by atoms with Gasteiger partial charge in [-0.05, 0) is 32.3 Å². The van der Waals surface area contributed by atoms with Gasteiger partial charge >= 0.3 is 0 Å². The molecular weight excluding hydrogens is 661 g/mol. The number of aromatic nitrogens is 6.